The van der Waals surface area contributed by atoms with Crippen molar-refractivity contribution in [3.05, 3.63) is 35.0 Å². The van der Waals surface area contributed by atoms with E-state index >= 15 is 0 Å². The first-order valence-corrected chi connectivity index (χ1v) is 4.19. The van der Waals surface area contributed by atoms with E-state index in [1.807, 2.05) is 0 Å². The Labute approximate surface area is 77.5 Å². The van der Waals surface area contributed by atoms with E-state index in [0.717, 1.165) is 4.74 Å². The first-order chi connectivity index (χ1) is 6.11. The van der Waals surface area contributed by atoms with Gasteiger partial charge in [0.2, 0.25) is 0 Å². The molecule has 0 bridgehead atoms. The fraction of sp³-hybridized carbons (Fsp3) is 0.300. The highest BCUT2D eigenvalue weighted by atomic mass is 16.5. The van der Waals surface area contributed by atoms with Crippen molar-refractivity contribution in [1.29, 1.82) is 0 Å². The van der Waals surface area contributed by atoms with Crippen molar-refractivity contribution in [2.45, 2.75) is 19.9 Å². The number of hydrogen-bond donors (Lipinski definition) is 1. The summed E-state index contributed by atoms with van der Waals surface area (Å²) in [7, 11) is 0. The zero-order chi connectivity index (χ0) is 9.84. The second-order valence-corrected chi connectivity index (χ2v) is 3.14. The van der Waals surface area contributed by atoms with Crippen LogP contribution in [0.3, 0.4) is 0 Å². The van der Waals surface area contributed by atoms with Gasteiger partial charge in [-0.05, 0) is 26.0 Å². The molecule has 0 aliphatic carbocycles. The van der Waals surface area contributed by atoms with Crippen LogP contribution in [0.2, 0.25) is 0 Å². The van der Waals surface area contributed by atoms with Crippen LogP contribution in [0.4, 0.5) is 0 Å². The molecule has 0 unspecified atom stereocenters. The summed E-state index contributed by atoms with van der Waals surface area (Å²) < 4.78 is 0.815. The minimum atomic E-state index is -0.111. The smallest absolute Gasteiger partial charge is 0.185 e. The topological polar surface area (TPSA) is 46.3 Å². The van der Waals surface area contributed by atoms with E-state index in [4.69, 9.17) is 0 Å². The van der Waals surface area contributed by atoms with Crippen LogP contribution in [-0.4, -0.2) is 22.1 Å². The number of para-hydroxylation sites is 1. The minimum absolute atomic E-state index is 0.111. The number of hydroxylamine groups is 1. The molecular weight excluding hydrogens is 166 g/mol. The quantitative estimate of drug-likeness (QED) is 0.325. The minimum Gasteiger partial charge on any atom is -0.624 e. The van der Waals surface area contributed by atoms with Crippen molar-refractivity contribution in [2.24, 2.45) is 0 Å². The van der Waals surface area contributed by atoms with Gasteiger partial charge in [0.15, 0.2) is 12.3 Å². The highest BCUT2D eigenvalue weighted by Crippen LogP contribution is 2.12. The lowest BCUT2D eigenvalue weighted by Crippen LogP contribution is -2.14. The molecular formula is C10H13NO2. The SMILES string of the molecule is CC(C)/[N+]([O-])=C\c1ccccc1O. The van der Waals surface area contributed by atoms with Crippen molar-refractivity contribution in [2.75, 3.05) is 0 Å². The first-order valence-electron chi connectivity index (χ1n) is 4.19. The van der Waals surface area contributed by atoms with E-state index in [1.54, 1.807) is 38.1 Å². The monoisotopic (exact) mass is 179 g/mol. The normalized spacial score (nSPS) is 12.1. The number of rotatable bonds is 2. The third kappa shape index (κ3) is 2.47. The van der Waals surface area contributed by atoms with Crippen molar-refractivity contribution in [3.8, 4) is 5.75 Å². The van der Waals surface area contributed by atoms with Crippen LogP contribution >= 0.6 is 0 Å². The fourth-order valence-corrected chi connectivity index (χ4v) is 0.883. The van der Waals surface area contributed by atoms with E-state index in [9.17, 15) is 10.3 Å². The molecule has 13 heavy (non-hydrogen) atoms. The van der Waals surface area contributed by atoms with Gasteiger partial charge in [0.05, 0.1) is 5.56 Å². The Bertz CT molecular complexity index is 318. The molecule has 1 rings (SSSR count). The van der Waals surface area contributed by atoms with Crippen molar-refractivity contribution in [1.82, 2.24) is 0 Å². The van der Waals surface area contributed by atoms with Crippen LogP contribution in [0, 0.1) is 5.21 Å². The highest BCUT2D eigenvalue weighted by molar-refractivity contribution is 5.79. The Hall–Kier alpha value is -1.51. The molecule has 0 aliphatic heterocycles. The standard InChI is InChI=1S/C10H13NO2/c1-8(2)11(13)7-9-5-3-4-6-10(9)12/h3-8,12H,1-2H3/b11-7+. The van der Waals surface area contributed by atoms with Gasteiger partial charge in [-0.1, -0.05) is 12.1 Å². The molecule has 0 aliphatic rings. The van der Waals surface area contributed by atoms with Crippen LogP contribution in [0.1, 0.15) is 19.4 Å². The summed E-state index contributed by atoms with van der Waals surface area (Å²) in [5, 5.41) is 20.6. The molecule has 0 atom stereocenters. The molecule has 1 aromatic carbocycles. The number of nitrogens with zero attached hydrogens (tertiary/aromatic N) is 1. The van der Waals surface area contributed by atoms with Crippen LogP contribution < -0.4 is 0 Å². The second kappa shape index (κ2) is 3.94. The molecule has 3 nitrogen and oxygen atoms in total. The number of phenols is 1. The number of aromatic hydroxyl groups is 1. The van der Waals surface area contributed by atoms with Gasteiger partial charge in [-0.3, -0.25) is 0 Å². The molecule has 70 valence electrons. The van der Waals surface area contributed by atoms with Gasteiger partial charge < -0.3 is 10.3 Å². The predicted molar refractivity (Wildman–Crippen MR) is 52.0 cm³/mol. The lowest BCUT2D eigenvalue weighted by atomic mass is 10.2. The molecule has 0 aromatic heterocycles. The third-order valence-corrected chi connectivity index (χ3v) is 1.71. The largest absolute Gasteiger partial charge is 0.624 e. The van der Waals surface area contributed by atoms with Gasteiger partial charge >= 0.3 is 0 Å². The van der Waals surface area contributed by atoms with Gasteiger partial charge in [-0.25, -0.2) is 4.74 Å². The van der Waals surface area contributed by atoms with Gasteiger partial charge in [-0.2, -0.15) is 0 Å². The highest BCUT2D eigenvalue weighted by Gasteiger charge is 2.03. The Balaban J connectivity index is 2.97. The average Bonchev–Trinajstić information content (AvgIpc) is 2.08. The van der Waals surface area contributed by atoms with Gasteiger partial charge in [0.1, 0.15) is 5.75 Å². The molecule has 0 saturated heterocycles. The molecule has 0 heterocycles. The summed E-state index contributed by atoms with van der Waals surface area (Å²) in [4.78, 5) is 0. The van der Waals surface area contributed by atoms with Crippen LogP contribution in [-0.2, 0) is 0 Å². The average molecular weight is 179 g/mol. The number of benzene rings is 1. The molecule has 3 heteroatoms. The lowest BCUT2D eigenvalue weighted by molar-refractivity contribution is -0.487. The van der Waals surface area contributed by atoms with E-state index in [0.29, 0.717) is 5.56 Å². The summed E-state index contributed by atoms with van der Waals surface area (Å²) in [6.45, 7) is 3.59. The van der Waals surface area contributed by atoms with Gasteiger partial charge in [0.25, 0.3) is 0 Å². The first kappa shape index (κ1) is 9.58. The number of hydrogen-bond acceptors (Lipinski definition) is 2. The van der Waals surface area contributed by atoms with E-state index in [1.165, 1.54) is 6.21 Å². The molecule has 1 aromatic rings. The van der Waals surface area contributed by atoms with E-state index in [2.05, 4.69) is 0 Å². The predicted octanol–water partition coefficient (Wildman–Crippen LogP) is 1.73. The third-order valence-electron chi connectivity index (χ3n) is 1.71. The van der Waals surface area contributed by atoms with Crippen LogP contribution in [0.15, 0.2) is 24.3 Å². The molecule has 0 amide bonds. The Morgan fingerprint density at radius 2 is 2.00 bits per heavy atom. The van der Waals surface area contributed by atoms with Crippen molar-refractivity contribution in [3.63, 3.8) is 0 Å². The summed E-state index contributed by atoms with van der Waals surface area (Å²) >= 11 is 0. The van der Waals surface area contributed by atoms with Gasteiger partial charge in [-0.15, -0.1) is 0 Å². The van der Waals surface area contributed by atoms with Crippen LogP contribution in [0.25, 0.3) is 0 Å². The summed E-state index contributed by atoms with van der Waals surface area (Å²) in [5.41, 5.74) is 0.547. The lowest BCUT2D eigenvalue weighted by Gasteiger charge is -2.07. The van der Waals surface area contributed by atoms with Crippen molar-refractivity contribution >= 4 is 6.21 Å². The summed E-state index contributed by atoms with van der Waals surface area (Å²) in [6, 6.07) is 6.64. The zero-order valence-electron chi connectivity index (χ0n) is 7.77. The molecule has 0 spiro atoms. The Morgan fingerprint density at radius 1 is 1.38 bits per heavy atom. The number of phenolic OH excluding ortho intramolecular Hbond substituents is 1. The molecule has 0 fully saturated rings. The fourth-order valence-electron chi connectivity index (χ4n) is 0.883. The zero-order valence-corrected chi connectivity index (χ0v) is 7.77. The van der Waals surface area contributed by atoms with Crippen molar-refractivity contribution < 1.29 is 9.85 Å². The molecule has 0 radical (unpaired) electrons. The van der Waals surface area contributed by atoms with E-state index in [-0.39, 0.29) is 11.8 Å². The van der Waals surface area contributed by atoms with E-state index < -0.39 is 0 Å². The summed E-state index contributed by atoms with van der Waals surface area (Å²) in [6.07, 6.45) is 1.39. The maximum atomic E-state index is 11.2. The van der Waals surface area contributed by atoms with Crippen LogP contribution in [0.5, 0.6) is 5.75 Å². The molecule has 0 saturated carbocycles. The molecule has 1 N–H and O–H groups in total. The second-order valence-electron chi connectivity index (χ2n) is 3.14. The Kier molecular flexibility index (Phi) is 2.90. The maximum Gasteiger partial charge on any atom is 0.185 e. The Morgan fingerprint density at radius 3 is 2.54 bits per heavy atom. The maximum absolute atomic E-state index is 11.2. The summed E-state index contributed by atoms with van der Waals surface area (Å²) in [5.74, 6) is 0.129. The van der Waals surface area contributed by atoms with Gasteiger partial charge in [0, 0.05) is 0 Å².